The summed E-state index contributed by atoms with van der Waals surface area (Å²) in [6, 6.07) is 17.1. The Morgan fingerprint density at radius 1 is 1.03 bits per heavy atom. The number of hydrogen-bond acceptors (Lipinski definition) is 8. The highest BCUT2D eigenvalue weighted by molar-refractivity contribution is 7.99. The Labute approximate surface area is 212 Å². The maximum atomic E-state index is 13.5. The van der Waals surface area contributed by atoms with E-state index >= 15 is 0 Å². The summed E-state index contributed by atoms with van der Waals surface area (Å²) in [7, 11) is -3.90. The average Bonchev–Trinajstić information content (AvgIpc) is 3.06. The SMILES string of the molecule is Cc1noc(C)c1S(=O)(=O)N1CCOc2c(O)cc(-c3cccc4c3Oc3ccccc3S4)cc2C1. The van der Waals surface area contributed by atoms with E-state index in [9.17, 15) is 13.5 Å². The van der Waals surface area contributed by atoms with E-state index in [0.29, 0.717) is 22.6 Å². The van der Waals surface area contributed by atoms with Crippen LogP contribution in [0.25, 0.3) is 11.1 Å². The summed E-state index contributed by atoms with van der Waals surface area (Å²) in [5.74, 6) is 1.92. The van der Waals surface area contributed by atoms with Crippen molar-refractivity contribution in [3.63, 3.8) is 0 Å². The first-order chi connectivity index (χ1) is 17.3. The Morgan fingerprint density at radius 2 is 1.83 bits per heavy atom. The van der Waals surface area contributed by atoms with Crippen molar-refractivity contribution in [3.8, 4) is 34.1 Å². The minimum atomic E-state index is -3.90. The molecular weight excluding hydrogens is 500 g/mol. The molecule has 0 aliphatic carbocycles. The summed E-state index contributed by atoms with van der Waals surface area (Å²) in [6.07, 6.45) is 0. The number of phenols is 1. The Kier molecular flexibility index (Phi) is 5.47. The minimum absolute atomic E-state index is 0.0244. The molecule has 8 nitrogen and oxygen atoms in total. The second kappa shape index (κ2) is 8.58. The van der Waals surface area contributed by atoms with Crippen LogP contribution in [-0.4, -0.2) is 36.1 Å². The third-order valence-corrected chi connectivity index (χ3v) is 9.41. The third kappa shape index (κ3) is 3.73. The van der Waals surface area contributed by atoms with Gasteiger partial charge < -0.3 is 19.1 Å². The molecule has 10 heteroatoms. The predicted octanol–water partition coefficient (Wildman–Crippen LogP) is 5.50. The zero-order valence-electron chi connectivity index (χ0n) is 19.5. The monoisotopic (exact) mass is 522 g/mol. The van der Waals surface area contributed by atoms with Crippen molar-refractivity contribution in [3.05, 3.63) is 71.6 Å². The van der Waals surface area contributed by atoms with E-state index in [4.69, 9.17) is 14.0 Å². The number of phenolic OH excluding ortho intramolecular Hbond substituents is 1. The normalized spacial score (nSPS) is 15.2. The van der Waals surface area contributed by atoms with Gasteiger partial charge in [0.1, 0.15) is 28.7 Å². The van der Waals surface area contributed by atoms with Crippen LogP contribution < -0.4 is 9.47 Å². The van der Waals surface area contributed by atoms with Crippen LogP contribution in [0, 0.1) is 13.8 Å². The summed E-state index contributed by atoms with van der Waals surface area (Å²) in [5, 5.41) is 14.7. The molecule has 0 atom stereocenters. The fraction of sp³-hybridized carbons (Fsp3) is 0.192. The van der Waals surface area contributed by atoms with Crippen LogP contribution in [-0.2, 0) is 16.6 Å². The Morgan fingerprint density at radius 3 is 2.64 bits per heavy atom. The predicted molar refractivity (Wildman–Crippen MR) is 133 cm³/mol. The Bertz CT molecular complexity index is 1590. The lowest BCUT2D eigenvalue weighted by molar-refractivity contribution is 0.282. The number of rotatable bonds is 3. The van der Waals surface area contributed by atoms with Gasteiger partial charge in [0.15, 0.2) is 17.3 Å². The molecule has 0 radical (unpaired) electrons. The molecule has 0 saturated carbocycles. The zero-order chi connectivity index (χ0) is 25.0. The lowest BCUT2D eigenvalue weighted by atomic mass is 10.0. The fourth-order valence-corrected chi connectivity index (χ4v) is 7.26. The molecule has 1 N–H and O–H groups in total. The van der Waals surface area contributed by atoms with E-state index in [0.717, 1.165) is 21.1 Å². The molecule has 0 bridgehead atoms. The summed E-state index contributed by atoms with van der Waals surface area (Å²) in [4.78, 5) is 2.05. The third-order valence-electron chi connectivity index (χ3n) is 6.22. The second-order valence-electron chi connectivity index (χ2n) is 8.61. The van der Waals surface area contributed by atoms with Crippen molar-refractivity contribution in [1.82, 2.24) is 9.46 Å². The number of para-hydroxylation sites is 2. The number of ether oxygens (including phenoxy) is 2. The summed E-state index contributed by atoms with van der Waals surface area (Å²) >= 11 is 1.62. The standard InChI is InChI=1S/C26H22N2O6S2/c1-15-26(16(2)34-27-15)36(30,31)28-10-11-32-24-18(14-28)12-17(13-20(24)29)19-6-5-9-23-25(19)33-21-7-3-4-8-22(21)35-23/h3-9,12-13,29H,10-11,14H2,1-2H3. The maximum Gasteiger partial charge on any atom is 0.248 e. The average molecular weight is 523 g/mol. The number of aromatic hydroxyl groups is 1. The van der Waals surface area contributed by atoms with E-state index in [1.54, 1.807) is 31.7 Å². The van der Waals surface area contributed by atoms with Gasteiger partial charge in [-0.15, -0.1) is 0 Å². The van der Waals surface area contributed by atoms with Crippen molar-refractivity contribution >= 4 is 21.8 Å². The van der Waals surface area contributed by atoms with Gasteiger partial charge in [-0.3, -0.25) is 0 Å². The number of sulfonamides is 1. The van der Waals surface area contributed by atoms with Crippen molar-refractivity contribution in [2.24, 2.45) is 0 Å². The van der Waals surface area contributed by atoms with Crippen LogP contribution in [0.15, 0.2) is 73.8 Å². The maximum absolute atomic E-state index is 13.5. The number of hydrogen-bond donors (Lipinski definition) is 1. The van der Waals surface area contributed by atoms with Gasteiger partial charge >= 0.3 is 0 Å². The van der Waals surface area contributed by atoms with Crippen molar-refractivity contribution in [2.45, 2.75) is 35.1 Å². The van der Waals surface area contributed by atoms with Gasteiger partial charge in [-0.05, 0) is 49.7 Å². The van der Waals surface area contributed by atoms with Crippen molar-refractivity contribution < 1.29 is 27.5 Å². The van der Waals surface area contributed by atoms with Crippen LogP contribution in [0.5, 0.6) is 23.0 Å². The molecule has 0 spiro atoms. The van der Waals surface area contributed by atoms with Gasteiger partial charge in [0, 0.05) is 24.2 Å². The van der Waals surface area contributed by atoms with E-state index in [1.807, 2.05) is 48.5 Å². The lowest BCUT2D eigenvalue weighted by Gasteiger charge is -2.23. The molecule has 0 unspecified atom stereocenters. The van der Waals surface area contributed by atoms with E-state index in [1.165, 1.54) is 4.31 Å². The minimum Gasteiger partial charge on any atom is -0.504 e. The van der Waals surface area contributed by atoms with Gasteiger partial charge in [0.05, 0.1) is 9.79 Å². The van der Waals surface area contributed by atoms with Crippen molar-refractivity contribution in [2.75, 3.05) is 13.2 Å². The molecular formula is C26H22N2O6S2. The first-order valence-electron chi connectivity index (χ1n) is 11.3. The van der Waals surface area contributed by atoms with Crippen LogP contribution in [0.3, 0.4) is 0 Å². The molecule has 3 aromatic carbocycles. The summed E-state index contributed by atoms with van der Waals surface area (Å²) in [5.41, 5.74) is 2.35. The first-order valence-corrected chi connectivity index (χ1v) is 13.6. The molecule has 0 saturated heterocycles. The van der Waals surface area contributed by atoms with Crippen LogP contribution >= 0.6 is 11.8 Å². The second-order valence-corrected chi connectivity index (χ2v) is 11.6. The molecule has 0 fully saturated rings. The first kappa shape index (κ1) is 23.0. The van der Waals surface area contributed by atoms with Gasteiger partial charge in [-0.25, -0.2) is 8.42 Å². The van der Waals surface area contributed by atoms with Gasteiger partial charge in [0.25, 0.3) is 0 Å². The number of aromatic nitrogens is 1. The van der Waals surface area contributed by atoms with Gasteiger partial charge in [-0.2, -0.15) is 4.31 Å². The highest BCUT2D eigenvalue weighted by Gasteiger charge is 2.34. The molecule has 2 aliphatic rings. The fourth-order valence-electron chi connectivity index (χ4n) is 4.58. The summed E-state index contributed by atoms with van der Waals surface area (Å²) < 4.78 is 45.5. The molecule has 1 aromatic heterocycles. The van der Waals surface area contributed by atoms with Crippen LogP contribution in [0.2, 0.25) is 0 Å². The largest absolute Gasteiger partial charge is 0.504 e. The van der Waals surface area contributed by atoms with Gasteiger partial charge in [0.2, 0.25) is 10.0 Å². The van der Waals surface area contributed by atoms with Crippen LogP contribution in [0.1, 0.15) is 17.0 Å². The number of nitrogens with zero attached hydrogens (tertiary/aromatic N) is 2. The van der Waals surface area contributed by atoms with Crippen LogP contribution in [0.4, 0.5) is 0 Å². The van der Waals surface area contributed by atoms with E-state index in [2.05, 4.69) is 5.16 Å². The van der Waals surface area contributed by atoms with Gasteiger partial charge in [-0.1, -0.05) is 41.2 Å². The summed E-state index contributed by atoms with van der Waals surface area (Å²) in [6.45, 7) is 3.42. The molecule has 184 valence electrons. The Hall–Kier alpha value is -3.47. The topological polar surface area (TPSA) is 102 Å². The molecule has 36 heavy (non-hydrogen) atoms. The molecule has 4 aromatic rings. The van der Waals surface area contributed by atoms with E-state index < -0.39 is 10.0 Å². The number of fused-ring (bicyclic) bond motifs is 3. The molecule has 2 aliphatic heterocycles. The highest BCUT2D eigenvalue weighted by Crippen LogP contribution is 2.51. The Balaban J connectivity index is 1.41. The quantitative estimate of drug-likeness (QED) is 0.331. The number of aryl methyl sites for hydroxylation is 2. The highest BCUT2D eigenvalue weighted by atomic mass is 32.2. The smallest absolute Gasteiger partial charge is 0.248 e. The van der Waals surface area contributed by atoms with E-state index in [-0.39, 0.29) is 41.9 Å². The lowest BCUT2D eigenvalue weighted by Crippen LogP contribution is -2.33. The molecule has 0 amide bonds. The molecule has 3 heterocycles. The van der Waals surface area contributed by atoms with Crippen molar-refractivity contribution in [1.29, 1.82) is 0 Å². The molecule has 6 rings (SSSR count). The number of benzene rings is 3. The zero-order valence-corrected chi connectivity index (χ0v) is 21.1.